The van der Waals surface area contributed by atoms with Crippen LogP contribution in [0.15, 0.2) is 42.5 Å². The van der Waals surface area contributed by atoms with Gasteiger partial charge in [-0.05, 0) is 49.4 Å². The number of hydrogen-bond donors (Lipinski definition) is 2. The average Bonchev–Trinajstić information content (AvgIpc) is 2.57. The van der Waals surface area contributed by atoms with Crippen molar-refractivity contribution < 1.29 is 28.6 Å². The highest BCUT2D eigenvalue weighted by Gasteiger charge is 2.21. The fourth-order valence-electron chi connectivity index (χ4n) is 1.86. The fourth-order valence-corrected chi connectivity index (χ4v) is 1.86. The summed E-state index contributed by atoms with van der Waals surface area (Å²) in [5.74, 6) is -1.80. The van der Waals surface area contributed by atoms with Crippen LogP contribution in [0.2, 0.25) is 0 Å². The highest BCUT2D eigenvalue weighted by Crippen LogP contribution is 2.24. The second-order valence-corrected chi connectivity index (χ2v) is 4.93. The number of hydrogen-bond acceptors (Lipinski definition) is 5. The van der Waals surface area contributed by atoms with Gasteiger partial charge in [-0.2, -0.15) is 0 Å². The van der Waals surface area contributed by atoms with E-state index in [2.05, 4.69) is 5.32 Å². The summed E-state index contributed by atoms with van der Waals surface area (Å²) in [6.45, 7) is 1.38. The molecule has 0 bridgehead atoms. The minimum Gasteiger partial charge on any atom is -0.507 e. The van der Waals surface area contributed by atoms with E-state index in [4.69, 9.17) is 9.47 Å². The standard InChI is InChI=1S/C17H16FNO5/c1-10(16(21)19-12-5-3-11(18)4-6-12)24-17(22)14-9-13(23-2)7-8-15(14)20/h3-10,20H,1-2H3,(H,19,21)/t10-/m0/s1. The summed E-state index contributed by atoms with van der Waals surface area (Å²) in [5.41, 5.74) is 0.254. The van der Waals surface area contributed by atoms with Gasteiger partial charge in [0.1, 0.15) is 22.9 Å². The van der Waals surface area contributed by atoms with Crippen molar-refractivity contribution in [1.29, 1.82) is 0 Å². The van der Waals surface area contributed by atoms with Gasteiger partial charge < -0.3 is 19.9 Å². The molecular weight excluding hydrogens is 317 g/mol. The number of amides is 1. The van der Waals surface area contributed by atoms with E-state index in [1.807, 2.05) is 0 Å². The van der Waals surface area contributed by atoms with Gasteiger partial charge in [-0.3, -0.25) is 4.79 Å². The number of carbonyl (C=O) groups is 2. The smallest absolute Gasteiger partial charge is 0.342 e. The second-order valence-electron chi connectivity index (χ2n) is 4.93. The molecule has 0 heterocycles. The molecule has 1 atom stereocenters. The molecule has 126 valence electrons. The number of nitrogens with one attached hydrogen (secondary N) is 1. The van der Waals surface area contributed by atoms with Crippen LogP contribution in [0.4, 0.5) is 10.1 Å². The number of ether oxygens (including phenoxy) is 2. The van der Waals surface area contributed by atoms with E-state index in [-0.39, 0.29) is 11.3 Å². The maximum Gasteiger partial charge on any atom is 0.342 e. The van der Waals surface area contributed by atoms with Crippen molar-refractivity contribution in [3.63, 3.8) is 0 Å². The summed E-state index contributed by atoms with van der Waals surface area (Å²) < 4.78 is 22.8. The molecule has 0 saturated heterocycles. The van der Waals surface area contributed by atoms with Crippen molar-refractivity contribution in [2.45, 2.75) is 13.0 Å². The zero-order valence-electron chi connectivity index (χ0n) is 13.1. The summed E-state index contributed by atoms with van der Waals surface area (Å²) in [5, 5.41) is 12.2. The number of esters is 1. The zero-order chi connectivity index (χ0) is 17.7. The van der Waals surface area contributed by atoms with Crippen LogP contribution in [0.1, 0.15) is 17.3 Å². The van der Waals surface area contributed by atoms with Crippen molar-refractivity contribution in [1.82, 2.24) is 0 Å². The van der Waals surface area contributed by atoms with Crippen molar-refractivity contribution in [3.05, 3.63) is 53.8 Å². The number of carbonyl (C=O) groups excluding carboxylic acids is 2. The van der Waals surface area contributed by atoms with Gasteiger partial charge in [0.05, 0.1) is 7.11 Å². The monoisotopic (exact) mass is 333 g/mol. The molecule has 0 radical (unpaired) electrons. The lowest BCUT2D eigenvalue weighted by Gasteiger charge is -2.14. The number of rotatable bonds is 5. The molecule has 2 aromatic carbocycles. The Morgan fingerprint density at radius 1 is 1.17 bits per heavy atom. The first-order chi connectivity index (χ1) is 11.4. The van der Waals surface area contributed by atoms with E-state index in [1.165, 1.54) is 56.5 Å². The third kappa shape index (κ3) is 4.22. The van der Waals surface area contributed by atoms with E-state index in [9.17, 15) is 19.1 Å². The number of methoxy groups -OCH3 is 1. The third-order valence-electron chi connectivity index (χ3n) is 3.19. The predicted molar refractivity (Wildman–Crippen MR) is 84.6 cm³/mol. The van der Waals surface area contributed by atoms with Crippen LogP contribution in [-0.4, -0.2) is 30.2 Å². The average molecular weight is 333 g/mol. The van der Waals surface area contributed by atoms with Gasteiger partial charge >= 0.3 is 5.97 Å². The van der Waals surface area contributed by atoms with Crippen LogP contribution in [0.25, 0.3) is 0 Å². The van der Waals surface area contributed by atoms with Gasteiger partial charge in [0.25, 0.3) is 5.91 Å². The highest BCUT2D eigenvalue weighted by molar-refractivity contribution is 5.98. The Morgan fingerprint density at radius 3 is 2.46 bits per heavy atom. The molecule has 0 aromatic heterocycles. The minimum absolute atomic E-state index is 0.115. The van der Waals surface area contributed by atoms with Crippen molar-refractivity contribution >= 4 is 17.6 Å². The topological polar surface area (TPSA) is 84.9 Å². The third-order valence-corrected chi connectivity index (χ3v) is 3.19. The molecule has 2 aromatic rings. The van der Waals surface area contributed by atoms with E-state index in [1.54, 1.807) is 0 Å². The molecule has 0 fully saturated rings. The molecule has 0 aliphatic carbocycles. The normalized spacial score (nSPS) is 11.5. The Kier molecular flexibility index (Phi) is 5.36. The molecular formula is C17H16FNO5. The molecule has 2 N–H and O–H groups in total. The Morgan fingerprint density at radius 2 is 1.83 bits per heavy atom. The number of phenolic OH excluding ortho intramolecular Hbond substituents is 1. The summed E-state index contributed by atoms with van der Waals surface area (Å²) in [6.07, 6.45) is -1.12. The van der Waals surface area contributed by atoms with Gasteiger partial charge in [0.15, 0.2) is 6.10 Å². The van der Waals surface area contributed by atoms with E-state index in [0.717, 1.165) is 0 Å². The lowest BCUT2D eigenvalue weighted by Crippen LogP contribution is -2.30. The number of phenols is 1. The van der Waals surface area contributed by atoms with Gasteiger partial charge in [-0.1, -0.05) is 0 Å². The van der Waals surface area contributed by atoms with Crippen molar-refractivity contribution in [3.8, 4) is 11.5 Å². The largest absolute Gasteiger partial charge is 0.507 e. The Bertz CT molecular complexity index is 745. The van der Waals surface area contributed by atoms with Crippen LogP contribution >= 0.6 is 0 Å². The number of aromatic hydroxyl groups is 1. The molecule has 6 nitrogen and oxygen atoms in total. The molecule has 0 saturated carbocycles. The summed E-state index contributed by atoms with van der Waals surface area (Å²) in [7, 11) is 1.42. The van der Waals surface area contributed by atoms with Crippen molar-refractivity contribution in [2.75, 3.05) is 12.4 Å². The van der Waals surface area contributed by atoms with E-state index in [0.29, 0.717) is 11.4 Å². The minimum atomic E-state index is -1.12. The predicted octanol–water partition coefficient (Wildman–Crippen LogP) is 2.72. The van der Waals surface area contributed by atoms with Crippen LogP contribution in [-0.2, 0) is 9.53 Å². The van der Waals surface area contributed by atoms with Crippen LogP contribution in [0.5, 0.6) is 11.5 Å². The molecule has 0 aliphatic rings. The quantitative estimate of drug-likeness (QED) is 0.822. The Labute approximate surface area is 137 Å². The summed E-state index contributed by atoms with van der Waals surface area (Å²) >= 11 is 0. The Balaban J connectivity index is 2.02. The summed E-state index contributed by atoms with van der Waals surface area (Å²) in [4.78, 5) is 24.1. The molecule has 0 unspecified atom stereocenters. The summed E-state index contributed by atoms with van der Waals surface area (Å²) in [6, 6.07) is 9.24. The molecule has 0 aliphatic heterocycles. The second kappa shape index (κ2) is 7.45. The highest BCUT2D eigenvalue weighted by atomic mass is 19.1. The van der Waals surface area contributed by atoms with E-state index < -0.39 is 23.8 Å². The van der Waals surface area contributed by atoms with Gasteiger partial charge in [-0.25, -0.2) is 9.18 Å². The first kappa shape index (κ1) is 17.3. The molecule has 0 spiro atoms. The van der Waals surface area contributed by atoms with Crippen molar-refractivity contribution in [2.24, 2.45) is 0 Å². The molecule has 2 rings (SSSR count). The fraction of sp³-hybridized carbons (Fsp3) is 0.176. The van der Waals surface area contributed by atoms with Gasteiger partial charge in [0, 0.05) is 5.69 Å². The molecule has 7 heteroatoms. The van der Waals surface area contributed by atoms with Gasteiger partial charge in [0.2, 0.25) is 0 Å². The maximum atomic E-state index is 12.8. The number of halogens is 1. The first-order valence-corrected chi connectivity index (χ1v) is 7.05. The van der Waals surface area contributed by atoms with Crippen LogP contribution < -0.4 is 10.1 Å². The molecule has 1 amide bonds. The first-order valence-electron chi connectivity index (χ1n) is 7.05. The number of anilines is 1. The Hall–Kier alpha value is -3.09. The SMILES string of the molecule is COc1ccc(O)c(C(=O)O[C@@H](C)C(=O)Nc2ccc(F)cc2)c1. The maximum absolute atomic E-state index is 12.8. The van der Waals surface area contributed by atoms with Crippen LogP contribution in [0.3, 0.4) is 0 Å². The van der Waals surface area contributed by atoms with Gasteiger partial charge in [-0.15, -0.1) is 0 Å². The lowest BCUT2D eigenvalue weighted by atomic mass is 10.2. The van der Waals surface area contributed by atoms with E-state index >= 15 is 0 Å². The molecule has 24 heavy (non-hydrogen) atoms. The lowest BCUT2D eigenvalue weighted by molar-refractivity contribution is -0.123. The zero-order valence-corrected chi connectivity index (χ0v) is 13.1. The van der Waals surface area contributed by atoms with Crippen LogP contribution in [0, 0.1) is 5.82 Å². The number of benzene rings is 2.